The monoisotopic (exact) mass is 799 g/mol. The van der Waals surface area contributed by atoms with E-state index in [0.29, 0.717) is 0 Å². The maximum absolute atomic E-state index is 6.29. The number of nitrogens with zero attached hydrogens (tertiary/aromatic N) is 1. The molecule has 13 aromatic rings. The van der Waals surface area contributed by atoms with Gasteiger partial charge in [0.2, 0.25) is 0 Å². The van der Waals surface area contributed by atoms with Gasteiger partial charge >= 0.3 is 0 Å². The summed E-state index contributed by atoms with van der Waals surface area (Å²) in [4.78, 5) is 2.44. The first-order chi connectivity index (χ1) is 29.7. The van der Waals surface area contributed by atoms with E-state index in [4.69, 9.17) is 4.42 Å². The summed E-state index contributed by atoms with van der Waals surface area (Å²) in [6.45, 7) is 0. The van der Waals surface area contributed by atoms with Crippen LogP contribution in [0.25, 0.3) is 106 Å². The van der Waals surface area contributed by atoms with Gasteiger partial charge in [-0.1, -0.05) is 133 Å². The number of fused-ring (bicyclic) bond motifs is 12. The van der Waals surface area contributed by atoms with Gasteiger partial charge in [-0.05, 0) is 111 Å². The summed E-state index contributed by atoms with van der Waals surface area (Å²) >= 11 is 3.75. The van der Waals surface area contributed by atoms with Crippen LogP contribution in [0.4, 0.5) is 17.1 Å². The van der Waals surface area contributed by atoms with Crippen LogP contribution in [-0.2, 0) is 0 Å². The van der Waals surface area contributed by atoms with Gasteiger partial charge in [0.05, 0.1) is 10.4 Å². The van der Waals surface area contributed by atoms with Crippen molar-refractivity contribution < 1.29 is 4.42 Å². The zero-order valence-corrected chi connectivity index (χ0v) is 33.9. The first kappa shape index (κ1) is 33.7. The van der Waals surface area contributed by atoms with E-state index in [1.807, 2.05) is 28.7 Å². The first-order valence-electron chi connectivity index (χ1n) is 20.3. The number of furan rings is 1. The number of rotatable bonds is 5. The summed E-state index contributed by atoms with van der Waals surface area (Å²) in [5, 5.41) is 12.5. The molecule has 0 aliphatic rings. The maximum atomic E-state index is 6.29. The Morgan fingerprint density at radius 1 is 0.350 bits per heavy atom. The fourth-order valence-corrected chi connectivity index (χ4v) is 12.0. The van der Waals surface area contributed by atoms with Gasteiger partial charge < -0.3 is 9.32 Å². The van der Waals surface area contributed by atoms with Crippen molar-refractivity contribution in [2.75, 3.05) is 4.90 Å². The molecule has 0 atom stereocenters. The topological polar surface area (TPSA) is 16.4 Å². The highest BCUT2D eigenvalue weighted by Crippen LogP contribution is 2.48. The Hall–Kier alpha value is -7.24. The van der Waals surface area contributed by atoms with Crippen LogP contribution in [0.1, 0.15) is 0 Å². The maximum Gasteiger partial charge on any atom is 0.136 e. The van der Waals surface area contributed by atoms with Gasteiger partial charge in [-0.3, -0.25) is 0 Å². The molecule has 3 aromatic heterocycles. The molecule has 0 bridgehead atoms. The molecule has 0 saturated heterocycles. The van der Waals surface area contributed by atoms with E-state index in [0.717, 1.165) is 22.5 Å². The lowest BCUT2D eigenvalue weighted by atomic mass is 10.00. The second kappa shape index (κ2) is 13.1. The minimum absolute atomic E-state index is 0.931. The molecule has 280 valence electrons. The second-order valence-electron chi connectivity index (χ2n) is 15.6. The van der Waals surface area contributed by atoms with Crippen LogP contribution in [0, 0.1) is 0 Å². The standard InChI is InChI=1S/C56H33NOS2/c1-2-10-37-31-40(20-19-34(37)9-1)35-21-25-41(26-22-35)57(49-17-8-16-45-48-32-38-11-3-4-12-39(38)33-52(48)59-55(45)49)42-27-23-36(24-28-42)43-14-7-15-44-46-29-30-51-53(56(46)60-54(43)44)47-13-5-6-18-50(47)58-51/h1-33H. The number of para-hydroxylation sites is 1. The predicted octanol–water partition coefficient (Wildman–Crippen LogP) is 17.4. The van der Waals surface area contributed by atoms with Gasteiger partial charge in [0.25, 0.3) is 0 Å². The number of anilines is 3. The minimum atomic E-state index is 0.931. The van der Waals surface area contributed by atoms with E-state index in [9.17, 15) is 0 Å². The molecule has 0 radical (unpaired) electrons. The molecule has 10 aromatic carbocycles. The molecule has 0 aliphatic carbocycles. The Labute approximate surface area is 353 Å². The summed E-state index contributed by atoms with van der Waals surface area (Å²) in [7, 11) is 0. The lowest BCUT2D eigenvalue weighted by molar-refractivity contribution is 0.669. The van der Waals surface area contributed by atoms with Crippen molar-refractivity contribution in [3.05, 3.63) is 200 Å². The number of benzene rings is 10. The molecule has 0 amide bonds. The van der Waals surface area contributed by atoms with E-state index >= 15 is 0 Å². The summed E-state index contributed by atoms with van der Waals surface area (Å²) in [6, 6.07) is 73.2. The Morgan fingerprint density at radius 2 is 0.967 bits per heavy atom. The van der Waals surface area contributed by atoms with Crippen molar-refractivity contribution in [3.8, 4) is 22.3 Å². The van der Waals surface area contributed by atoms with E-state index in [2.05, 4.69) is 199 Å². The largest absolute Gasteiger partial charge is 0.456 e. The third kappa shape index (κ3) is 5.18. The lowest BCUT2D eigenvalue weighted by Crippen LogP contribution is -2.10. The minimum Gasteiger partial charge on any atom is -0.456 e. The van der Waals surface area contributed by atoms with Crippen LogP contribution < -0.4 is 4.90 Å². The molecule has 0 aliphatic heterocycles. The highest BCUT2D eigenvalue weighted by atomic mass is 32.1. The first-order valence-corrected chi connectivity index (χ1v) is 21.9. The normalized spacial score (nSPS) is 12.0. The van der Waals surface area contributed by atoms with E-state index in [1.54, 1.807) is 0 Å². The van der Waals surface area contributed by atoms with Crippen molar-refractivity contribution in [2.45, 2.75) is 0 Å². The van der Waals surface area contributed by atoms with Crippen molar-refractivity contribution in [3.63, 3.8) is 0 Å². The van der Waals surface area contributed by atoms with Gasteiger partial charge in [-0.2, -0.15) is 0 Å². The second-order valence-corrected chi connectivity index (χ2v) is 17.7. The van der Waals surface area contributed by atoms with Crippen molar-refractivity contribution >= 4 is 124 Å². The molecule has 13 rings (SSSR count). The van der Waals surface area contributed by atoms with Gasteiger partial charge in [0.1, 0.15) is 11.2 Å². The third-order valence-electron chi connectivity index (χ3n) is 12.2. The molecule has 60 heavy (non-hydrogen) atoms. The van der Waals surface area contributed by atoms with E-state index in [-0.39, 0.29) is 0 Å². The van der Waals surface area contributed by atoms with Gasteiger partial charge in [0, 0.05) is 57.8 Å². The molecule has 0 saturated carbocycles. The molecule has 0 unspecified atom stereocenters. The van der Waals surface area contributed by atoms with E-state index in [1.165, 1.54) is 101 Å². The Kier molecular flexibility index (Phi) is 7.38. The van der Waals surface area contributed by atoms with Gasteiger partial charge in [-0.25, -0.2) is 0 Å². The molecule has 2 nitrogen and oxygen atoms in total. The quantitative estimate of drug-likeness (QED) is 0.172. The smallest absolute Gasteiger partial charge is 0.136 e. The number of hydrogen-bond acceptors (Lipinski definition) is 4. The molecule has 0 spiro atoms. The third-order valence-corrected chi connectivity index (χ3v) is 14.7. The van der Waals surface area contributed by atoms with Crippen LogP contribution >= 0.6 is 22.7 Å². The highest BCUT2D eigenvalue weighted by Gasteiger charge is 2.20. The summed E-state index contributed by atoms with van der Waals surface area (Å²) in [6.07, 6.45) is 0. The average Bonchev–Trinajstić information content (AvgIpc) is 4.00. The van der Waals surface area contributed by atoms with Crippen LogP contribution in [0.15, 0.2) is 205 Å². The lowest BCUT2D eigenvalue weighted by Gasteiger charge is -2.26. The summed E-state index contributed by atoms with van der Waals surface area (Å²) < 4.78 is 11.4. The van der Waals surface area contributed by atoms with Crippen LogP contribution in [0.5, 0.6) is 0 Å². The number of thiophene rings is 2. The summed E-state index contributed by atoms with van der Waals surface area (Å²) in [5.74, 6) is 0. The zero-order chi connectivity index (χ0) is 39.3. The SMILES string of the molecule is c1ccc2cc(-c3ccc(N(c4ccc(-c5cccc6c5sc5c6ccc6oc7ccccc7c65)cc4)c4cccc5c4sc4cc6ccccc6cc45)cc3)ccc2c1. The average molecular weight is 800 g/mol. The van der Waals surface area contributed by atoms with Crippen molar-refractivity contribution in [1.29, 1.82) is 0 Å². The molecule has 3 heterocycles. The fourth-order valence-electron chi connectivity index (χ4n) is 9.33. The predicted molar refractivity (Wildman–Crippen MR) is 260 cm³/mol. The van der Waals surface area contributed by atoms with Crippen LogP contribution in [-0.4, -0.2) is 0 Å². The van der Waals surface area contributed by atoms with Crippen LogP contribution in [0.2, 0.25) is 0 Å². The Bertz CT molecular complexity index is 3830. The number of hydrogen-bond donors (Lipinski definition) is 0. The van der Waals surface area contributed by atoms with Crippen molar-refractivity contribution in [1.82, 2.24) is 0 Å². The molecule has 0 fully saturated rings. The van der Waals surface area contributed by atoms with Gasteiger partial charge in [0.15, 0.2) is 0 Å². The Balaban J connectivity index is 0.961. The van der Waals surface area contributed by atoms with Crippen LogP contribution in [0.3, 0.4) is 0 Å². The van der Waals surface area contributed by atoms with E-state index < -0.39 is 0 Å². The molecule has 0 N–H and O–H groups in total. The summed E-state index contributed by atoms with van der Waals surface area (Å²) in [5.41, 5.74) is 10.1. The molecular formula is C56H33NOS2. The molecule has 4 heteroatoms. The highest BCUT2D eigenvalue weighted by molar-refractivity contribution is 7.27. The zero-order valence-electron chi connectivity index (χ0n) is 32.2. The fraction of sp³-hybridized carbons (Fsp3) is 0. The van der Waals surface area contributed by atoms with Gasteiger partial charge in [-0.15, -0.1) is 22.7 Å². The Morgan fingerprint density at radius 3 is 1.77 bits per heavy atom. The molecular weight excluding hydrogens is 767 g/mol. The van der Waals surface area contributed by atoms with Crippen molar-refractivity contribution in [2.24, 2.45) is 0 Å².